The summed E-state index contributed by atoms with van der Waals surface area (Å²) in [6.45, 7) is 4.56. The van der Waals surface area contributed by atoms with Crippen LogP contribution in [0.25, 0.3) is 0 Å². The fraction of sp³-hybridized carbons (Fsp3) is 0.444. The Kier molecular flexibility index (Phi) is 5.67. The van der Waals surface area contributed by atoms with Gasteiger partial charge in [0.1, 0.15) is 5.69 Å². The first-order valence-electron chi connectivity index (χ1n) is 8.40. The zero-order valence-corrected chi connectivity index (χ0v) is 15.9. The Hall–Kier alpha value is -1.56. The summed E-state index contributed by atoms with van der Waals surface area (Å²) >= 11 is 12.1. The number of hydrogen-bond acceptors (Lipinski definition) is 3. The van der Waals surface area contributed by atoms with E-state index in [0.717, 1.165) is 43.7 Å². The molecular weight excluding hydrogens is 359 g/mol. The number of likely N-dealkylation sites (tertiary alicyclic amines) is 1. The van der Waals surface area contributed by atoms with Crippen LogP contribution in [0, 0.1) is 6.92 Å². The molecule has 7 heteroatoms. The molecule has 3 rings (SSSR count). The van der Waals surface area contributed by atoms with E-state index in [1.807, 2.05) is 38.2 Å². The van der Waals surface area contributed by atoms with Gasteiger partial charge in [-0.1, -0.05) is 29.3 Å². The third-order valence-electron chi connectivity index (χ3n) is 4.58. The number of amides is 1. The molecule has 1 saturated heterocycles. The summed E-state index contributed by atoms with van der Waals surface area (Å²) in [6.07, 6.45) is 2.03. The summed E-state index contributed by atoms with van der Waals surface area (Å²) < 4.78 is 1.71. The van der Waals surface area contributed by atoms with Crippen LogP contribution in [0.4, 0.5) is 0 Å². The van der Waals surface area contributed by atoms with Crippen LogP contribution in [0.15, 0.2) is 24.3 Å². The number of nitrogens with zero attached hydrogens (tertiary/aromatic N) is 3. The summed E-state index contributed by atoms with van der Waals surface area (Å²) in [5, 5.41) is 8.50. The number of benzene rings is 1. The second-order valence-corrected chi connectivity index (χ2v) is 7.41. The minimum absolute atomic E-state index is 0.106. The molecule has 0 aliphatic carbocycles. The first kappa shape index (κ1) is 18.2. The van der Waals surface area contributed by atoms with Crippen molar-refractivity contribution >= 4 is 29.1 Å². The van der Waals surface area contributed by atoms with Gasteiger partial charge in [0, 0.05) is 31.9 Å². The summed E-state index contributed by atoms with van der Waals surface area (Å²) in [4.78, 5) is 14.7. The molecule has 0 radical (unpaired) electrons. The lowest BCUT2D eigenvalue weighted by Gasteiger charge is -2.33. The Morgan fingerprint density at radius 2 is 2.12 bits per heavy atom. The highest BCUT2D eigenvalue weighted by atomic mass is 35.5. The number of hydrogen-bond donors (Lipinski definition) is 1. The second kappa shape index (κ2) is 7.77. The van der Waals surface area contributed by atoms with E-state index in [1.165, 1.54) is 0 Å². The standard InChI is InChI=1S/C18H22Cl2N4O/c1-12-8-17(22-23(12)2)18(25)21-14-4-3-7-24(11-14)10-13-5-6-15(19)16(20)9-13/h5-6,8-9,14H,3-4,7,10-11H2,1-2H3,(H,21,25). The summed E-state index contributed by atoms with van der Waals surface area (Å²) in [5.74, 6) is -0.106. The van der Waals surface area contributed by atoms with Gasteiger partial charge in [0.2, 0.25) is 0 Å². The molecule has 2 aromatic rings. The van der Waals surface area contributed by atoms with Gasteiger partial charge in [-0.3, -0.25) is 14.4 Å². The topological polar surface area (TPSA) is 50.2 Å². The maximum absolute atomic E-state index is 12.4. The second-order valence-electron chi connectivity index (χ2n) is 6.59. The molecular formula is C18H22Cl2N4O. The predicted molar refractivity (Wildman–Crippen MR) is 100 cm³/mol. The smallest absolute Gasteiger partial charge is 0.272 e. The highest BCUT2D eigenvalue weighted by molar-refractivity contribution is 6.42. The summed E-state index contributed by atoms with van der Waals surface area (Å²) in [5.41, 5.74) is 2.57. The molecule has 0 bridgehead atoms. The van der Waals surface area contributed by atoms with Gasteiger partial charge in [0.05, 0.1) is 10.0 Å². The lowest BCUT2D eigenvalue weighted by molar-refractivity contribution is 0.0895. The molecule has 1 fully saturated rings. The predicted octanol–water partition coefficient (Wildman–Crippen LogP) is 3.43. The van der Waals surface area contributed by atoms with Crippen molar-refractivity contribution in [3.63, 3.8) is 0 Å². The van der Waals surface area contributed by atoms with Gasteiger partial charge in [0.15, 0.2) is 0 Å². The van der Waals surface area contributed by atoms with E-state index in [4.69, 9.17) is 23.2 Å². The molecule has 25 heavy (non-hydrogen) atoms. The summed E-state index contributed by atoms with van der Waals surface area (Å²) in [6, 6.07) is 7.67. The first-order valence-corrected chi connectivity index (χ1v) is 9.16. The minimum atomic E-state index is -0.106. The van der Waals surface area contributed by atoms with Gasteiger partial charge in [-0.05, 0) is 50.1 Å². The number of piperidine rings is 1. The molecule has 0 saturated carbocycles. The van der Waals surface area contributed by atoms with E-state index in [-0.39, 0.29) is 11.9 Å². The fourth-order valence-corrected chi connectivity index (χ4v) is 3.46. The van der Waals surface area contributed by atoms with Crippen LogP contribution in [-0.2, 0) is 13.6 Å². The molecule has 1 amide bonds. The van der Waals surface area contributed by atoms with Crippen molar-refractivity contribution in [3.8, 4) is 0 Å². The molecule has 1 aromatic carbocycles. The Bertz CT molecular complexity index is 755. The lowest BCUT2D eigenvalue weighted by atomic mass is 10.0. The normalized spacial score (nSPS) is 18.3. The van der Waals surface area contributed by atoms with Crippen molar-refractivity contribution in [1.29, 1.82) is 0 Å². The maximum atomic E-state index is 12.4. The average molecular weight is 381 g/mol. The molecule has 1 unspecified atom stereocenters. The maximum Gasteiger partial charge on any atom is 0.272 e. The van der Waals surface area contributed by atoms with Crippen LogP contribution in [0.2, 0.25) is 10.0 Å². The van der Waals surface area contributed by atoms with Crippen molar-refractivity contribution in [2.45, 2.75) is 32.4 Å². The van der Waals surface area contributed by atoms with Gasteiger partial charge in [-0.2, -0.15) is 5.10 Å². The van der Waals surface area contributed by atoms with Crippen molar-refractivity contribution in [1.82, 2.24) is 20.0 Å². The van der Waals surface area contributed by atoms with Crippen LogP contribution in [0.5, 0.6) is 0 Å². The molecule has 2 heterocycles. The van der Waals surface area contributed by atoms with Gasteiger partial charge < -0.3 is 5.32 Å². The number of aryl methyl sites for hydroxylation is 2. The lowest BCUT2D eigenvalue weighted by Crippen LogP contribution is -2.47. The monoisotopic (exact) mass is 380 g/mol. The minimum Gasteiger partial charge on any atom is -0.347 e. The third kappa shape index (κ3) is 4.54. The van der Waals surface area contributed by atoms with Crippen LogP contribution in [0.1, 0.15) is 34.6 Å². The molecule has 1 N–H and O–H groups in total. The number of rotatable bonds is 4. The Labute approximate surface area is 157 Å². The van der Waals surface area contributed by atoms with E-state index >= 15 is 0 Å². The van der Waals surface area contributed by atoms with E-state index in [2.05, 4.69) is 15.3 Å². The number of carbonyl (C=O) groups is 1. The summed E-state index contributed by atoms with van der Waals surface area (Å²) in [7, 11) is 1.84. The van der Waals surface area contributed by atoms with Crippen LogP contribution in [-0.4, -0.2) is 39.7 Å². The molecule has 134 valence electrons. The van der Waals surface area contributed by atoms with Gasteiger partial charge >= 0.3 is 0 Å². The van der Waals surface area contributed by atoms with Crippen LogP contribution < -0.4 is 5.32 Å². The SMILES string of the molecule is Cc1cc(C(=O)NC2CCCN(Cc3ccc(Cl)c(Cl)c3)C2)nn1C. The van der Waals surface area contributed by atoms with Gasteiger partial charge in [0.25, 0.3) is 5.91 Å². The largest absolute Gasteiger partial charge is 0.347 e. The highest BCUT2D eigenvalue weighted by Gasteiger charge is 2.23. The van der Waals surface area contributed by atoms with Crippen molar-refractivity contribution < 1.29 is 4.79 Å². The van der Waals surface area contributed by atoms with E-state index in [1.54, 1.807) is 4.68 Å². The van der Waals surface area contributed by atoms with E-state index in [0.29, 0.717) is 15.7 Å². The molecule has 0 spiro atoms. The Balaban J connectivity index is 1.59. The number of carbonyl (C=O) groups excluding carboxylic acids is 1. The molecule has 1 aliphatic heterocycles. The highest BCUT2D eigenvalue weighted by Crippen LogP contribution is 2.24. The number of nitrogens with one attached hydrogen (secondary N) is 1. The molecule has 5 nitrogen and oxygen atoms in total. The van der Waals surface area contributed by atoms with E-state index in [9.17, 15) is 4.79 Å². The van der Waals surface area contributed by atoms with E-state index < -0.39 is 0 Å². The fourth-order valence-electron chi connectivity index (χ4n) is 3.14. The first-order chi connectivity index (χ1) is 11.9. The van der Waals surface area contributed by atoms with Crippen LogP contribution in [0.3, 0.4) is 0 Å². The van der Waals surface area contributed by atoms with Gasteiger partial charge in [-0.15, -0.1) is 0 Å². The third-order valence-corrected chi connectivity index (χ3v) is 5.32. The van der Waals surface area contributed by atoms with Gasteiger partial charge in [-0.25, -0.2) is 0 Å². The average Bonchev–Trinajstić information content (AvgIpc) is 2.91. The Morgan fingerprint density at radius 3 is 2.80 bits per heavy atom. The van der Waals surface area contributed by atoms with Crippen molar-refractivity contribution in [2.75, 3.05) is 13.1 Å². The molecule has 1 aliphatic rings. The quantitative estimate of drug-likeness (QED) is 0.883. The molecule has 1 atom stereocenters. The number of halogens is 2. The van der Waals surface area contributed by atoms with Crippen molar-refractivity contribution in [2.24, 2.45) is 7.05 Å². The zero-order valence-electron chi connectivity index (χ0n) is 14.4. The van der Waals surface area contributed by atoms with Crippen LogP contribution >= 0.6 is 23.2 Å². The Morgan fingerprint density at radius 1 is 1.32 bits per heavy atom. The zero-order chi connectivity index (χ0) is 18.0. The van der Waals surface area contributed by atoms with Crippen molar-refractivity contribution in [3.05, 3.63) is 51.3 Å². The molecule has 1 aromatic heterocycles. The number of aromatic nitrogens is 2.